The number of carbonyl (C=O) groups is 1. The SMILES string of the molecule is Cc1cc(NC(=O)c2cccc(CN)c2)n[nH]1. The van der Waals surface area contributed by atoms with Crippen LogP contribution in [0.3, 0.4) is 0 Å². The van der Waals surface area contributed by atoms with Crippen LogP contribution in [0.2, 0.25) is 0 Å². The molecule has 0 saturated carbocycles. The van der Waals surface area contributed by atoms with Gasteiger partial charge < -0.3 is 11.1 Å². The number of carbonyl (C=O) groups excluding carboxylic acids is 1. The van der Waals surface area contributed by atoms with Crippen molar-refractivity contribution < 1.29 is 4.79 Å². The molecule has 0 fully saturated rings. The van der Waals surface area contributed by atoms with Crippen molar-refractivity contribution in [3.05, 3.63) is 47.2 Å². The van der Waals surface area contributed by atoms with Gasteiger partial charge in [0.15, 0.2) is 5.82 Å². The number of aryl methyl sites for hydroxylation is 1. The molecule has 0 bridgehead atoms. The maximum atomic E-state index is 11.9. The molecule has 1 aromatic heterocycles. The fourth-order valence-corrected chi connectivity index (χ4v) is 1.51. The number of hydrogen-bond donors (Lipinski definition) is 3. The van der Waals surface area contributed by atoms with Crippen LogP contribution in [0, 0.1) is 6.92 Å². The molecule has 2 rings (SSSR count). The summed E-state index contributed by atoms with van der Waals surface area (Å²) in [5, 5.41) is 9.41. The van der Waals surface area contributed by atoms with Gasteiger partial charge >= 0.3 is 0 Å². The zero-order valence-corrected chi connectivity index (χ0v) is 9.53. The Morgan fingerprint density at radius 2 is 2.29 bits per heavy atom. The van der Waals surface area contributed by atoms with Crippen LogP contribution in [0.1, 0.15) is 21.6 Å². The molecule has 1 heterocycles. The van der Waals surface area contributed by atoms with Crippen LogP contribution in [0.15, 0.2) is 30.3 Å². The molecule has 1 aromatic carbocycles. The van der Waals surface area contributed by atoms with Gasteiger partial charge in [-0.05, 0) is 24.6 Å². The molecule has 0 saturated heterocycles. The number of aromatic amines is 1. The molecule has 1 amide bonds. The lowest BCUT2D eigenvalue weighted by Crippen LogP contribution is -2.12. The quantitative estimate of drug-likeness (QED) is 0.745. The van der Waals surface area contributed by atoms with Gasteiger partial charge in [0.2, 0.25) is 0 Å². The Hall–Kier alpha value is -2.14. The smallest absolute Gasteiger partial charge is 0.256 e. The van der Waals surface area contributed by atoms with E-state index >= 15 is 0 Å². The number of nitrogens with zero attached hydrogens (tertiary/aromatic N) is 1. The highest BCUT2D eigenvalue weighted by atomic mass is 16.1. The van der Waals surface area contributed by atoms with E-state index in [9.17, 15) is 4.79 Å². The Morgan fingerprint density at radius 3 is 2.94 bits per heavy atom. The van der Waals surface area contributed by atoms with E-state index in [1.807, 2.05) is 19.1 Å². The minimum atomic E-state index is -0.188. The van der Waals surface area contributed by atoms with Crippen LogP contribution < -0.4 is 11.1 Å². The van der Waals surface area contributed by atoms with E-state index in [1.165, 1.54) is 0 Å². The molecule has 0 aliphatic heterocycles. The summed E-state index contributed by atoms with van der Waals surface area (Å²) in [4.78, 5) is 11.9. The molecule has 0 radical (unpaired) electrons. The van der Waals surface area contributed by atoms with Gasteiger partial charge in [-0.3, -0.25) is 9.89 Å². The van der Waals surface area contributed by atoms with Crippen LogP contribution >= 0.6 is 0 Å². The lowest BCUT2D eigenvalue weighted by Gasteiger charge is -2.03. The standard InChI is InChI=1S/C12H14N4O/c1-8-5-11(16-15-8)14-12(17)10-4-2-3-9(6-10)7-13/h2-6H,7,13H2,1H3,(H2,14,15,16,17). The number of benzene rings is 1. The molecular formula is C12H14N4O. The van der Waals surface area contributed by atoms with E-state index in [1.54, 1.807) is 18.2 Å². The first kappa shape index (κ1) is 11.3. The van der Waals surface area contributed by atoms with Crippen LogP contribution in [-0.4, -0.2) is 16.1 Å². The van der Waals surface area contributed by atoms with Gasteiger partial charge in [0.1, 0.15) is 0 Å². The van der Waals surface area contributed by atoms with Crippen molar-refractivity contribution in [2.45, 2.75) is 13.5 Å². The molecule has 0 unspecified atom stereocenters. The summed E-state index contributed by atoms with van der Waals surface area (Å²) in [5.41, 5.74) is 7.93. The number of nitrogens with two attached hydrogens (primary N) is 1. The molecule has 0 aliphatic carbocycles. The van der Waals surface area contributed by atoms with Gasteiger partial charge in [-0.2, -0.15) is 5.10 Å². The molecule has 2 aromatic rings. The predicted molar refractivity (Wildman–Crippen MR) is 65.6 cm³/mol. The van der Waals surface area contributed by atoms with Crippen LogP contribution in [0.4, 0.5) is 5.82 Å². The predicted octanol–water partition coefficient (Wildman–Crippen LogP) is 1.43. The summed E-state index contributed by atoms with van der Waals surface area (Å²) in [6.45, 7) is 2.29. The van der Waals surface area contributed by atoms with Crippen molar-refractivity contribution in [1.82, 2.24) is 10.2 Å². The highest BCUT2D eigenvalue weighted by molar-refractivity contribution is 6.03. The van der Waals surface area contributed by atoms with Crippen LogP contribution in [-0.2, 0) is 6.54 Å². The van der Waals surface area contributed by atoms with E-state index < -0.39 is 0 Å². The van der Waals surface area contributed by atoms with Crippen molar-refractivity contribution in [3.63, 3.8) is 0 Å². The number of H-pyrrole nitrogens is 1. The molecule has 0 atom stereocenters. The number of amides is 1. The summed E-state index contributed by atoms with van der Waals surface area (Å²) in [6, 6.07) is 8.98. The Labute approximate surface area is 99.0 Å². The van der Waals surface area contributed by atoms with Gasteiger partial charge in [0, 0.05) is 23.9 Å². The summed E-state index contributed by atoms with van der Waals surface area (Å²) in [6.07, 6.45) is 0. The summed E-state index contributed by atoms with van der Waals surface area (Å²) in [7, 11) is 0. The number of anilines is 1. The van der Waals surface area contributed by atoms with Gasteiger partial charge in [0.05, 0.1) is 0 Å². The molecule has 5 nitrogen and oxygen atoms in total. The average molecular weight is 230 g/mol. The van der Waals surface area contributed by atoms with Crippen molar-refractivity contribution >= 4 is 11.7 Å². The van der Waals surface area contributed by atoms with Gasteiger partial charge in [-0.15, -0.1) is 0 Å². The molecule has 17 heavy (non-hydrogen) atoms. The number of rotatable bonds is 3. The molecule has 88 valence electrons. The fourth-order valence-electron chi connectivity index (χ4n) is 1.51. The fraction of sp³-hybridized carbons (Fsp3) is 0.167. The largest absolute Gasteiger partial charge is 0.326 e. The van der Waals surface area contributed by atoms with Crippen molar-refractivity contribution in [1.29, 1.82) is 0 Å². The van der Waals surface area contributed by atoms with E-state index in [0.717, 1.165) is 11.3 Å². The van der Waals surface area contributed by atoms with Gasteiger partial charge in [-0.25, -0.2) is 0 Å². The highest BCUT2D eigenvalue weighted by Crippen LogP contribution is 2.09. The zero-order chi connectivity index (χ0) is 12.3. The molecule has 5 heteroatoms. The third-order valence-corrected chi connectivity index (χ3v) is 2.37. The summed E-state index contributed by atoms with van der Waals surface area (Å²) >= 11 is 0. The second kappa shape index (κ2) is 4.80. The van der Waals surface area contributed by atoms with Crippen molar-refractivity contribution in [3.8, 4) is 0 Å². The monoisotopic (exact) mass is 230 g/mol. The minimum Gasteiger partial charge on any atom is -0.326 e. The lowest BCUT2D eigenvalue weighted by molar-refractivity contribution is 0.102. The first-order chi connectivity index (χ1) is 8.19. The summed E-state index contributed by atoms with van der Waals surface area (Å²) in [5.74, 6) is 0.331. The molecular weight excluding hydrogens is 216 g/mol. The Morgan fingerprint density at radius 1 is 1.47 bits per heavy atom. The average Bonchev–Trinajstić information content (AvgIpc) is 2.75. The maximum absolute atomic E-state index is 11.9. The molecule has 4 N–H and O–H groups in total. The molecule has 0 aliphatic rings. The number of hydrogen-bond acceptors (Lipinski definition) is 3. The van der Waals surface area contributed by atoms with E-state index in [2.05, 4.69) is 15.5 Å². The molecule has 0 spiro atoms. The van der Waals surface area contributed by atoms with Crippen LogP contribution in [0.25, 0.3) is 0 Å². The zero-order valence-electron chi connectivity index (χ0n) is 9.53. The first-order valence-corrected chi connectivity index (χ1v) is 5.31. The van der Waals surface area contributed by atoms with E-state index in [0.29, 0.717) is 17.9 Å². The van der Waals surface area contributed by atoms with Crippen molar-refractivity contribution in [2.75, 3.05) is 5.32 Å². The Balaban J connectivity index is 2.14. The lowest BCUT2D eigenvalue weighted by atomic mass is 10.1. The normalized spacial score (nSPS) is 10.2. The Kier molecular flexibility index (Phi) is 3.20. The minimum absolute atomic E-state index is 0.188. The van der Waals surface area contributed by atoms with E-state index in [-0.39, 0.29) is 5.91 Å². The van der Waals surface area contributed by atoms with Gasteiger partial charge in [0.25, 0.3) is 5.91 Å². The second-order valence-corrected chi connectivity index (χ2v) is 3.79. The third kappa shape index (κ3) is 2.70. The number of nitrogens with one attached hydrogen (secondary N) is 2. The first-order valence-electron chi connectivity index (χ1n) is 5.31. The summed E-state index contributed by atoms with van der Waals surface area (Å²) < 4.78 is 0. The topological polar surface area (TPSA) is 83.8 Å². The van der Waals surface area contributed by atoms with Crippen LogP contribution in [0.5, 0.6) is 0 Å². The second-order valence-electron chi connectivity index (χ2n) is 3.79. The Bertz CT molecular complexity index is 533. The highest BCUT2D eigenvalue weighted by Gasteiger charge is 2.07. The third-order valence-electron chi connectivity index (χ3n) is 2.37. The number of aromatic nitrogens is 2. The maximum Gasteiger partial charge on any atom is 0.256 e. The van der Waals surface area contributed by atoms with E-state index in [4.69, 9.17) is 5.73 Å². The van der Waals surface area contributed by atoms with Crippen molar-refractivity contribution in [2.24, 2.45) is 5.73 Å². The van der Waals surface area contributed by atoms with Gasteiger partial charge in [-0.1, -0.05) is 12.1 Å².